The van der Waals surface area contributed by atoms with Gasteiger partial charge in [-0.15, -0.1) is 11.8 Å². The molecule has 0 spiro atoms. The average Bonchev–Trinajstić information content (AvgIpc) is 2.36. The number of carbonyl (C=O) groups is 1. The smallest absolute Gasteiger partial charge is 0.398 e. The first-order chi connectivity index (χ1) is 9.74. The maximum Gasteiger partial charge on any atom is 0.416 e. The molecule has 118 valence electrons. The van der Waals surface area contributed by atoms with Gasteiger partial charge in [-0.05, 0) is 25.1 Å². The molecular weight excluding hydrogens is 305 g/mol. The summed E-state index contributed by atoms with van der Waals surface area (Å²) in [7, 11) is 1.53. The van der Waals surface area contributed by atoms with Crippen LogP contribution in [-0.4, -0.2) is 31.4 Å². The fourth-order valence-electron chi connectivity index (χ4n) is 1.61. The van der Waals surface area contributed by atoms with Crippen LogP contribution in [0.25, 0.3) is 0 Å². The molecule has 0 radical (unpaired) electrons. The highest BCUT2D eigenvalue weighted by Crippen LogP contribution is 2.34. The number of alkyl halides is 3. The van der Waals surface area contributed by atoms with Gasteiger partial charge in [0.15, 0.2) is 0 Å². The Morgan fingerprint density at radius 2 is 2.14 bits per heavy atom. The molecule has 3 N–H and O–H groups in total. The number of thioether (sulfide) groups is 1. The summed E-state index contributed by atoms with van der Waals surface area (Å²) in [6.45, 7) is 2.18. The van der Waals surface area contributed by atoms with Gasteiger partial charge in [0.1, 0.15) is 0 Å². The van der Waals surface area contributed by atoms with E-state index in [1.54, 1.807) is 6.92 Å². The third kappa shape index (κ3) is 5.84. The predicted octanol–water partition coefficient (Wildman–Crippen LogP) is 2.53. The number of rotatable bonds is 6. The molecule has 1 rings (SSSR count). The zero-order valence-electron chi connectivity index (χ0n) is 11.7. The first-order valence-corrected chi connectivity index (χ1v) is 7.10. The fourth-order valence-corrected chi connectivity index (χ4v) is 2.37. The topological polar surface area (TPSA) is 64.3 Å². The molecule has 1 amide bonds. The maximum absolute atomic E-state index is 12.5. The molecule has 0 aliphatic heterocycles. The highest BCUT2D eigenvalue weighted by atomic mass is 32.2. The van der Waals surface area contributed by atoms with Crippen molar-refractivity contribution in [3.8, 4) is 0 Å². The van der Waals surface area contributed by atoms with Gasteiger partial charge in [-0.25, -0.2) is 0 Å². The van der Waals surface area contributed by atoms with Crippen molar-refractivity contribution in [3.63, 3.8) is 0 Å². The maximum atomic E-state index is 12.5. The van der Waals surface area contributed by atoms with E-state index in [2.05, 4.69) is 5.32 Å². The Morgan fingerprint density at radius 3 is 2.67 bits per heavy atom. The Labute approximate surface area is 125 Å². The second kappa shape index (κ2) is 7.56. The van der Waals surface area contributed by atoms with Gasteiger partial charge in [0.2, 0.25) is 5.91 Å². The molecule has 1 aromatic rings. The second-order valence-electron chi connectivity index (χ2n) is 4.46. The molecule has 21 heavy (non-hydrogen) atoms. The number of amides is 1. The van der Waals surface area contributed by atoms with Crippen LogP contribution in [0, 0.1) is 0 Å². The van der Waals surface area contributed by atoms with E-state index in [9.17, 15) is 18.0 Å². The van der Waals surface area contributed by atoms with Crippen molar-refractivity contribution in [2.45, 2.75) is 24.0 Å². The van der Waals surface area contributed by atoms with Crippen LogP contribution < -0.4 is 11.1 Å². The summed E-state index contributed by atoms with van der Waals surface area (Å²) in [6.07, 6.45) is -4.43. The third-order valence-electron chi connectivity index (χ3n) is 2.52. The van der Waals surface area contributed by atoms with E-state index in [1.807, 2.05) is 0 Å². The van der Waals surface area contributed by atoms with Crippen molar-refractivity contribution in [2.75, 3.05) is 25.2 Å². The third-order valence-corrected chi connectivity index (χ3v) is 3.61. The van der Waals surface area contributed by atoms with Crippen molar-refractivity contribution >= 4 is 23.4 Å². The number of nitrogens with one attached hydrogen (secondary N) is 1. The van der Waals surface area contributed by atoms with E-state index in [0.717, 1.165) is 23.9 Å². The minimum Gasteiger partial charge on any atom is -0.398 e. The van der Waals surface area contributed by atoms with Crippen LogP contribution in [0.2, 0.25) is 0 Å². The Balaban J connectivity index is 2.58. The molecule has 8 heteroatoms. The number of carbonyl (C=O) groups excluding carboxylic acids is 1. The molecule has 0 fully saturated rings. The molecule has 0 saturated heterocycles. The predicted molar refractivity (Wildman–Crippen MR) is 76.1 cm³/mol. The molecule has 0 aromatic heterocycles. The largest absolute Gasteiger partial charge is 0.416 e. The first kappa shape index (κ1) is 17.6. The van der Waals surface area contributed by atoms with Crippen LogP contribution in [0.5, 0.6) is 0 Å². The fraction of sp³-hybridized carbons (Fsp3) is 0.462. The molecule has 4 nitrogen and oxygen atoms in total. The average molecular weight is 322 g/mol. The number of nitrogen functional groups attached to an aromatic ring is 1. The summed E-state index contributed by atoms with van der Waals surface area (Å²) >= 11 is 1.09. The number of nitrogens with two attached hydrogens (primary N) is 1. The van der Waals surface area contributed by atoms with E-state index in [1.165, 1.54) is 13.2 Å². The van der Waals surface area contributed by atoms with Gasteiger partial charge in [0.05, 0.1) is 17.9 Å². The van der Waals surface area contributed by atoms with Crippen molar-refractivity contribution in [3.05, 3.63) is 23.8 Å². The lowest BCUT2D eigenvalue weighted by Gasteiger charge is -2.13. The van der Waals surface area contributed by atoms with E-state index >= 15 is 0 Å². The molecule has 0 bridgehead atoms. The standard InChI is InChI=1S/C13H17F3N2O2S/c1-8(6-20-2)18-12(19)7-21-11-4-3-9(5-10(11)17)13(14,15)16/h3-5,8H,6-7,17H2,1-2H3,(H,18,19). The van der Waals surface area contributed by atoms with Crippen molar-refractivity contribution in [1.82, 2.24) is 5.32 Å². The number of methoxy groups -OCH3 is 1. The van der Waals surface area contributed by atoms with Gasteiger partial charge in [-0.2, -0.15) is 13.2 Å². The van der Waals surface area contributed by atoms with Crippen LogP contribution in [-0.2, 0) is 15.7 Å². The molecular formula is C13H17F3N2O2S. The number of benzene rings is 1. The van der Waals surface area contributed by atoms with Gasteiger partial charge < -0.3 is 15.8 Å². The van der Waals surface area contributed by atoms with Crippen molar-refractivity contribution in [1.29, 1.82) is 0 Å². The molecule has 1 unspecified atom stereocenters. The quantitative estimate of drug-likeness (QED) is 0.624. The summed E-state index contributed by atoms with van der Waals surface area (Å²) in [5, 5.41) is 2.70. The van der Waals surface area contributed by atoms with Crippen LogP contribution in [0.1, 0.15) is 12.5 Å². The van der Waals surface area contributed by atoms with Gasteiger partial charge in [0.25, 0.3) is 0 Å². The summed E-state index contributed by atoms with van der Waals surface area (Å²) in [6, 6.07) is 2.96. The zero-order valence-corrected chi connectivity index (χ0v) is 12.5. The minimum atomic E-state index is -4.43. The van der Waals surface area contributed by atoms with Crippen molar-refractivity contribution in [2.24, 2.45) is 0 Å². The van der Waals surface area contributed by atoms with E-state index < -0.39 is 11.7 Å². The second-order valence-corrected chi connectivity index (χ2v) is 5.48. The Bertz CT molecular complexity index is 495. The monoisotopic (exact) mass is 322 g/mol. The summed E-state index contributed by atoms with van der Waals surface area (Å²) in [5.41, 5.74) is 4.78. The molecule has 0 aliphatic carbocycles. The number of halogens is 3. The zero-order chi connectivity index (χ0) is 16.0. The lowest BCUT2D eigenvalue weighted by atomic mass is 10.2. The molecule has 1 aromatic carbocycles. The van der Waals surface area contributed by atoms with E-state index in [0.29, 0.717) is 11.5 Å². The Morgan fingerprint density at radius 1 is 1.48 bits per heavy atom. The lowest BCUT2D eigenvalue weighted by molar-refractivity contribution is -0.137. The first-order valence-electron chi connectivity index (χ1n) is 6.12. The van der Waals surface area contributed by atoms with Gasteiger partial charge in [0, 0.05) is 23.7 Å². The summed E-state index contributed by atoms with van der Waals surface area (Å²) in [4.78, 5) is 12.1. The normalized spacial score (nSPS) is 13.0. The van der Waals surface area contributed by atoms with Gasteiger partial charge in [-0.3, -0.25) is 4.79 Å². The molecule has 1 atom stereocenters. The summed E-state index contributed by atoms with van der Waals surface area (Å²) < 4.78 is 42.4. The van der Waals surface area contributed by atoms with Gasteiger partial charge >= 0.3 is 6.18 Å². The highest BCUT2D eigenvalue weighted by Gasteiger charge is 2.30. The van der Waals surface area contributed by atoms with Gasteiger partial charge in [-0.1, -0.05) is 0 Å². The van der Waals surface area contributed by atoms with Crippen LogP contribution in [0.4, 0.5) is 18.9 Å². The minimum absolute atomic E-state index is 0.00700. The number of anilines is 1. The Hall–Kier alpha value is -1.41. The van der Waals surface area contributed by atoms with Crippen molar-refractivity contribution < 1.29 is 22.7 Å². The highest BCUT2D eigenvalue weighted by molar-refractivity contribution is 8.00. The number of hydrogen-bond acceptors (Lipinski definition) is 4. The number of hydrogen-bond donors (Lipinski definition) is 2. The SMILES string of the molecule is COCC(C)NC(=O)CSc1ccc(C(F)(F)F)cc1N. The van der Waals surface area contributed by atoms with Crippen LogP contribution in [0.15, 0.2) is 23.1 Å². The van der Waals surface area contributed by atoms with E-state index in [-0.39, 0.29) is 23.4 Å². The molecule has 0 aliphatic rings. The molecule has 0 saturated carbocycles. The molecule has 0 heterocycles. The summed E-state index contributed by atoms with van der Waals surface area (Å²) in [5.74, 6) is -0.160. The number of ether oxygens (including phenoxy) is 1. The Kier molecular flexibility index (Phi) is 6.35. The van der Waals surface area contributed by atoms with Crippen LogP contribution >= 0.6 is 11.8 Å². The van der Waals surface area contributed by atoms with Crippen LogP contribution in [0.3, 0.4) is 0 Å². The van der Waals surface area contributed by atoms with E-state index in [4.69, 9.17) is 10.5 Å². The lowest BCUT2D eigenvalue weighted by Crippen LogP contribution is -2.36.